The van der Waals surface area contributed by atoms with Crippen LogP contribution in [0.3, 0.4) is 0 Å². The van der Waals surface area contributed by atoms with Crippen molar-refractivity contribution in [1.29, 1.82) is 0 Å². The highest BCUT2D eigenvalue weighted by Gasteiger charge is 2.36. The summed E-state index contributed by atoms with van der Waals surface area (Å²) < 4.78 is 5.21. The summed E-state index contributed by atoms with van der Waals surface area (Å²) >= 11 is 1.81. The van der Waals surface area contributed by atoms with Gasteiger partial charge in [-0.15, -0.1) is 11.3 Å². The molecule has 0 radical (unpaired) electrons. The summed E-state index contributed by atoms with van der Waals surface area (Å²) in [5, 5.41) is 5.30. The highest BCUT2D eigenvalue weighted by molar-refractivity contribution is 7.10. The van der Waals surface area contributed by atoms with Crippen LogP contribution in [0.4, 0.5) is 0 Å². The van der Waals surface area contributed by atoms with Crippen molar-refractivity contribution in [3.8, 4) is 5.75 Å². The van der Waals surface area contributed by atoms with Gasteiger partial charge in [0.2, 0.25) is 5.91 Å². The van der Waals surface area contributed by atoms with E-state index in [1.165, 1.54) is 30.6 Å². The van der Waals surface area contributed by atoms with E-state index in [-0.39, 0.29) is 11.3 Å². The van der Waals surface area contributed by atoms with Crippen LogP contribution in [0.15, 0.2) is 41.8 Å². The molecule has 0 aliphatic heterocycles. The van der Waals surface area contributed by atoms with Crippen LogP contribution in [-0.4, -0.2) is 19.6 Å². The van der Waals surface area contributed by atoms with Crippen molar-refractivity contribution in [1.82, 2.24) is 5.32 Å². The molecule has 1 saturated carbocycles. The maximum atomic E-state index is 12.3. The summed E-state index contributed by atoms with van der Waals surface area (Å²) in [5.41, 5.74) is 1.14. The van der Waals surface area contributed by atoms with Crippen LogP contribution in [0.1, 0.15) is 36.1 Å². The van der Waals surface area contributed by atoms with Gasteiger partial charge in [0.25, 0.3) is 0 Å². The molecule has 0 bridgehead atoms. The van der Waals surface area contributed by atoms with Gasteiger partial charge in [-0.25, -0.2) is 0 Å². The topological polar surface area (TPSA) is 38.3 Å². The first kappa shape index (κ1) is 16.1. The lowest BCUT2D eigenvalue weighted by molar-refractivity contribution is -0.120. The van der Waals surface area contributed by atoms with Crippen LogP contribution >= 0.6 is 11.3 Å². The van der Waals surface area contributed by atoms with E-state index < -0.39 is 0 Å². The van der Waals surface area contributed by atoms with E-state index >= 15 is 0 Å². The molecule has 122 valence electrons. The smallest absolute Gasteiger partial charge is 0.224 e. The Morgan fingerprint density at radius 2 is 2.09 bits per heavy atom. The van der Waals surface area contributed by atoms with E-state index in [1.807, 2.05) is 35.6 Å². The summed E-state index contributed by atoms with van der Waals surface area (Å²) in [5.74, 6) is 0.877. The van der Waals surface area contributed by atoms with Crippen LogP contribution < -0.4 is 10.1 Å². The molecule has 1 aliphatic rings. The fourth-order valence-corrected chi connectivity index (χ4v) is 4.43. The minimum atomic E-state index is 0.0843. The normalized spacial score (nSPS) is 16.2. The number of nitrogens with one attached hydrogen (secondary N) is 1. The summed E-state index contributed by atoms with van der Waals surface area (Å²) in [6, 6.07) is 12.0. The minimum Gasteiger partial charge on any atom is -0.497 e. The predicted molar refractivity (Wildman–Crippen MR) is 94.2 cm³/mol. The fourth-order valence-electron chi connectivity index (χ4n) is 3.44. The number of ether oxygens (including phenoxy) is 1. The number of amides is 1. The fraction of sp³-hybridized carbons (Fsp3) is 0.421. The number of thiophene rings is 1. The van der Waals surface area contributed by atoms with Crippen molar-refractivity contribution in [2.75, 3.05) is 13.7 Å². The van der Waals surface area contributed by atoms with Crippen molar-refractivity contribution in [2.24, 2.45) is 0 Å². The molecular formula is C19H23NO2S. The van der Waals surface area contributed by atoms with Crippen molar-refractivity contribution in [3.63, 3.8) is 0 Å². The Hall–Kier alpha value is -1.81. The van der Waals surface area contributed by atoms with Gasteiger partial charge in [0.05, 0.1) is 13.5 Å². The first-order valence-electron chi connectivity index (χ1n) is 8.15. The van der Waals surface area contributed by atoms with E-state index in [9.17, 15) is 4.79 Å². The van der Waals surface area contributed by atoms with E-state index in [0.29, 0.717) is 6.42 Å². The molecule has 1 heterocycles. The first-order valence-corrected chi connectivity index (χ1v) is 9.03. The molecule has 1 fully saturated rings. The van der Waals surface area contributed by atoms with Crippen LogP contribution in [0.2, 0.25) is 0 Å². The molecular weight excluding hydrogens is 306 g/mol. The molecule has 1 aliphatic carbocycles. The molecule has 3 nitrogen and oxygen atoms in total. The third-order valence-corrected chi connectivity index (χ3v) is 5.84. The van der Waals surface area contributed by atoms with Crippen molar-refractivity contribution >= 4 is 17.2 Å². The quantitative estimate of drug-likeness (QED) is 0.872. The molecule has 0 saturated heterocycles. The zero-order valence-electron chi connectivity index (χ0n) is 13.5. The van der Waals surface area contributed by atoms with Crippen LogP contribution in [0, 0.1) is 0 Å². The van der Waals surface area contributed by atoms with Gasteiger partial charge in [0.15, 0.2) is 0 Å². The molecule has 0 atom stereocenters. The number of hydrogen-bond acceptors (Lipinski definition) is 3. The van der Waals surface area contributed by atoms with Crippen molar-refractivity contribution < 1.29 is 9.53 Å². The molecule has 4 heteroatoms. The summed E-state index contributed by atoms with van der Waals surface area (Å²) in [6.45, 7) is 0.746. The van der Waals surface area contributed by atoms with Gasteiger partial charge < -0.3 is 10.1 Å². The maximum Gasteiger partial charge on any atom is 0.224 e. The predicted octanol–water partition coefficient (Wildman–Crippen LogP) is 3.93. The number of rotatable bonds is 6. The Bertz CT molecular complexity index is 645. The molecule has 23 heavy (non-hydrogen) atoms. The number of hydrogen-bond donors (Lipinski definition) is 1. The third-order valence-electron chi connectivity index (χ3n) is 4.73. The van der Waals surface area contributed by atoms with Crippen molar-refractivity contribution in [3.05, 3.63) is 52.2 Å². The van der Waals surface area contributed by atoms with Gasteiger partial charge in [-0.1, -0.05) is 31.0 Å². The highest BCUT2D eigenvalue weighted by Crippen LogP contribution is 2.42. The lowest BCUT2D eigenvalue weighted by atomic mass is 9.84. The Morgan fingerprint density at radius 1 is 1.26 bits per heavy atom. The second-order valence-electron chi connectivity index (χ2n) is 6.27. The molecule has 3 rings (SSSR count). The van der Waals surface area contributed by atoms with E-state index in [4.69, 9.17) is 4.74 Å². The van der Waals surface area contributed by atoms with Gasteiger partial charge in [0.1, 0.15) is 5.75 Å². The largest absolute Gasteiger partial charge is 0.497 e. The number of carbonyl (C=O) groups excluding carboxylic acids is 1. The van der Waals surface area contributed by atoms with Crippen LogP contribution in [0.5, 0.6) is 5.75 Å². The molecule has 0 spiro atoms. The standard InChI is InChI=1S/C19H23NO2S/c1-22-16-7-4-6-15(12-16)13-18(21)20-14-19(9-2-3-10-19)17-8-5-11-23-17/h4-8,11-12H,2-3,9-10,13-14H2,1H3,(H,20,21). The van der Waals surface area contributed by atoms with E-state index in [0.717, 1.165) is 17.9 Å². The zero-order chi connectivity index (χ0) is 16.1. The summed E-state index contributed by atoms with van der Waals surface area (Å²) in [4.78, 5) is 13.7. The Balaban J connectivity index is 1.61. The second kappa shape index (κ2) is 7.18. The molecule has 1 amide bonds. The number of carbonyl (C=O) groups is 1. The lowest BCUT2D eigenvalue weighted by Gasteiger charge is -2.28. The zero-order valence-corrected chi connectivity index (χ0v) is 14.3. The first-order chi connectivity index (χ1) is 11.2. The molecule has 0 unspecified atom stereocenters. The second-order valence-corrected chi connectivity index (χ2v) is 7.22. The average molecular weight is 329 g/mol. The van der Waals surface area contributed by atoms with Crippen molar-refractivity contribution in [2.45, 2.75) is 37.5 Å². The highest BCUT2D eigenvalue weighted by atomic mass is 32.1. The van der Waals surface area contributed by atoms with Gasteiger partial charge in [-0.2, -0.15) is 0 Å². The van der Waals surface area contributed by atoms with Gasteiger partial charge in [-0.3, -0.25) is 4.79 Å². The maximum absolute atomic E-state index is 12.3. The number of benzene rings is 1. The number of methoxy groups -OCH3 is 1. The molecule has 2 aromatic rings. The van der Waals surface area contributed by atoms with E-state index in [1.54, 1.807) is 7.11 Å². The summed E-state index contributed by atoms with van der Waals surface area (Å²) in [6.07, 6.45) is 5.25. The minimum absolute atomic E-state index is 0.0843. The van der Waals surface area contributed by atoms with E-state index in [2.05, 4.69) is 22.8 Å². The Morgan fingerprint density at radius 3 is 2.78 bits per heavy atom. The van der Waals surface area contributed by atoms with Gasteiger partial charge in [0, 0.05) is 16.8 Å². The van der Waals surface area contributed by atoms with Gasteiger partial charge >= 0.3 is 0 Å². The Kier molecular flexibility index (Phi) is 5.01. The molecule has 1 aromatic carbocycles. The monoisotopic (exact) mass is 329 g/mol. The Labute approximate surface area is 141 Å². The third kappa shape index (κ3) is 3.75. The lowest BCUT2D eigenvalue weighted by Crippen LogP contribution is -2.39. The summed E-state index contributed by atoms with van der Waals surface area (Å²) in [7, 11) is 1.64. The molecule has 1 N–H and O–H groups in total. The van der Waals surface area contributed by atoms with Crippen LogP contribution in [0.25, 0.3) is 0 Å². The van der Waals surface area contributed by atoms with Gasteiger partial charge in [-0.05, 0) is 42.0 Å². The van der Waals surface area contributed by atoms with Crippen LogP contribution in [-0.2, 0) is 16.6 Å². The average Bonchev–Trinajstić information content (AvgIpc) is 3.25. The SMILES string of the molecule is COc1cccc(CC(=O)NCC2(c3cccs3)CCCC2)c1. The molecule has 1 aromatic heterocycles.